The number of imidazole rings is 1. The summed E-state index contributed by atoms with van der Waals surface area (Å²) < 4.78 is 1.72. The Labute approximate surface area is 138 Å². The summed E-state index contributed by atoms with van der Waals surface area (Å²) in [5, 5.41) is 12.9. The number of aliphatic hydroxyl groups excluding tert-OH is 1. The SMILES string of the molecule is O=C(Cn1c(CO)nc2ccccc21)NCc1cccc(Cl)c1. The zero-order valence-corrected chi connectivity index (χ0v) is 13.1. The molecule has 0 bridgehead atoms. The number of nitrogens with one attached hydrogen (secondary N) is 1. The molecule has 118 valence electrons. The lowest BCUT2D eigenvalue weighted by molar-refractivity contribution is -0.121. The Balaban J connectivity index is 1.73. The van der Waals surface area contributed by atoms with Crippen molar-refractivity contribution in [2.24, 2.45) is 0 Å². The number of nitrogens with zero attached hydrogens (tertiary/aromatic N) is 2. The van der Waals surface area contributed by atoms with Crippen molar-refractivity contribution in [3.63, 3.8) is 0 Å². The molecule has 5 nitrogen and oxygen atoms in total. The van der Waals surface area contributed by atoms with Gasteiger partial charge in [-0.25, -0.2) is 4.98 Å². The van der Waals surface area contributed by atoms with Crippen molar-refractivity contribution in [1.82, 2.24) is 14.9 Å². The van der Waals surface area contributed by atoms with E-state index in [0.29, 0.717) is 17.4 Å². The number of rotatable bonds is 5. The van der Waals surface area contributed by atoms with Crippen LogP contribution in [0.4, 0.5) is 0 Å². The molecule has 0 saturated carbocycles. The zero-order valence-electron chi connectivity index (χ0n) is 12.4. The molecule has 2 N–H and O–H groups in total. The Kier molecular flexibility index (Phi) is 4.60. The summed E-state index contributed by atoms with van der Waals surface area (Å²) in [4.78, 5) is 16.5. The highest BCUT2D eigenvalue weighted by molar-refractivity contribution is 6.30. The zero-order chi connectivity index (χ0) is 16.2. The second-order valence-corrected chi connectivity index (χ2v) is 5.60. The first-order valence-electron chi connectivity index (χ1n) is 7.23. The maximum atomic E-state index is 12.2. The molecule has 0 atom stereocenters. The minimum atomic E-state index is -0.212. The van der Waals surface area contributed by atoms with Gasteiger partial charge in [0.15, 0.2) is 0 Å². The summed E-state index contributed by atoms with van der Waals surface area (Å²) in [6.07, 6.45) is 0. The highest BCUT2D eigenvalue weighted by Gasteiger charge is 2.12. The van der Waals surface area contributed by atoms with Crippen LogP contribution < -0.4 is 5.32 Å². The quantitative estimate of drug-likeness (QED) is 0.755. The van der Waals surface area contributed by atoms with Crippen LogP contribution in [0.1, 0.15) is 11.4 Å². The average Bonchev–Trinajstić information content (AvgIpc) is 2.91. The number of hydrogen-bond acceptors (Lipinski definition) is 3. The lowest BCUT2D eigenvalue weighted by atomic mass is 10.2. The van der Waals surface area contributed by atoms with E-state index in [1.807, 2.05) is 42.5 Å². The van der Waals surface area contributed by atoms with Crippen LogP contribution in [0.3, 0.4) is 0 Å². The summed E-state index contributed by atoms with van der Waals surface area (Å²) in [6, 6.07) is 14.8. The highest BCUT2D eigenvalue weighted by atomic mass is 35.5. The largest absolute Gasteiger partial charge is 0.388 e. The van der Waals surface area contributed by atoms with E-state index in [0.717, 1.165) is 16.6 Å². The summed E-state index contributed by atoms with van der Waals surface area (Å²) in [5.74, 6) is 0.326. The topological polar surface area (TPSA) is 67.2 Å². The molecule has 1 amide bonds. The Morgan fingerprint density at radius 2 is 2.04 bits per heavy atom. The first kappa shape index (κ1) is 15.5. The van der Waals surface area contributed by atoms with Crippen LogP contribution in [0.5, 0.6) is 0 Å². The normalized spacial score (nSPS) is 10.9. The van der Waals surface area contributed by atoms with Gasteiger partial charge in [0, 0.05) is 11.6 Å². The average molecular weight is 330 g/mol. The molecule has 0 unspecified atom stereocenters. The molecule has 0 aliphatic rings. The van der Waals surface area contributed by atoms with E-state index in [4.69, 9.17) is 11.6 Å². The number of carbonyl (C=O) groups excluding carboxylic acids is 1. The number of para-hydroxylation sites is 2. The number of halogens is 1. The van der Waals surface area contributed by atoms with E-state index >= 15 is 0 Å². The maximum absolute atomic E-state index is 12.2. The third-order valence-electron chi connectivity index (χ3n) is 3.56. The minimum Gasteiger partial charge on any atom is -0.388 e. The summed E-state index contributed by atoms with van der Waals surface area (Å²) in [5.41, 5.74) is 2.53. The van der Waals surface area contributed by atoms with Gasteiger partial charge in [0.25, 0.3) is 0 Å². The number of aliphatic hydroxyl groups is 1. The lowest BCUT2D eigenvalue weighted by Crippen LogP contribution is -2.27. The Morgan fingerprint density at radius 3 is 2.83 bits per heavy atom. The van der Waals surface area contributed by atoms with E-state index in [1.165, 1.54) is 0 Å². The van der Waals surface area contributed by atoms with Crippen molar-refractivity contribution in [3.8, 4) is 0 Å². The van der Waals surface area contributed by atoms with Crippen molar-refractivity contribution in [3.05, 3.63) is 64.9 Å². The Bertz CT molecular complexity index is 845. The van der Waals surface area contributed by atoms with Crippen LogP contribution in [-0.4, -0.2) is 20.6 Å². The van der Waals surface area contributed by atoms with Crippen molar-refractivity contribution >= 4 is 28.5 Å². The summed E-state index contributed by atoms with van der Waals surface area (Å²) in [6.45, 7) is 0.299. The smallest absolute Gasteiger partial charge is 0.240 e. The van der Waals surface area contributed by atoms with Crippen LogP contribution in [-0.2, 0) is 24.5 Å². The predicted molar refractivity (Wildman–Crippen MR) is 89.0 cm³/mol. The predicted octanol–water partition coefficient (Wildman–Crippen LogP) is 2.50. The van der Waals surface area contributed by atoms with E-state index in [-0.39, 0.29) is 19.1 Å². The van der Waals surface area contributed by atoms with E-state index in [9.17, 15) is 9.90 Å². The molecule has 0 aliphatic carbocycles. The highest BCUT2D eigenvalue weighted by Crippen LogP contribution is 2.16. The van der Waals surface area contributed by atoms with E-state index in [1.54, 1.807) is 10.6 Å². The molecule has 0 saturated heterocycles. The number of fused-ring (bicyclic) bond motifs is 1. The standard InChI is InChI=1S/C17H16ClN3O2/c18-13-5-3-4-12(8-13)9-19-17(23)10-21-15-7-2-1-6-14(15)20-16(21)11-22/h1-8,22H,9-11H2,(H,19,23). The van der Waals surface area contributed by atoms with Gasteiger partial charge in [0.2, 0.25) is 5.91 Å². The van der Waals surface area contributed by atoms with Crippen molar-refractivity contribution < 1.29 is 9.90 Å². The maximum Gasteiger partial charge on any atom is 0.240 e. The van der Waals surface area contributed by atoms with Gasteiger partial charge in [-0.15, -0.1) is 0 Å². The van der Waals surface area contributed by atoms with E-state index in [2.05, 4.69) is 10.3 Å². The third-order valence-corrected chi connectivity index (χ3v) is 3.79. The van der Waals surface area contributed by atoms with Gasteiger partial charge in [-0.05, 0) is 29.8 Å². The summed E-state index contributed by atoms with van der Waals surface area (Å²) in [7, 11) is 0. The lowest BCUT2D eigenvalue weighted by Gasteiger charge is -2.09. The fourth-order valence-electron chi connectivity index (χ4n) is 2.47. The van der Waals surface area contributed by atoms with Crippen LogP contribution in [0.25, 0.3) is 11.0 Å². The molecule has 23 heavy (non-hydrogen) atoms. The first-order chi connectivity index (χ1) is 11.2. The first-order valence-corrected chi connectivity index (χ1v) is 7.61. The molecule has 3 rings (SSSR count). The monoisotopic (exact) mass is 329 g/mol. The second-order valence-electron chi connectivity index (χ2n) is 5.17. The van der Waals surface area contributed by atoms with E-state index < -0.39 is 0 Å². The second kappa shape index (κ2) is 6.81. The fraction of sp³-hybridized carbons (Fsp3) is 0.176. The molecule has 0 spiro atoms. The van der Waals surface area contributed by atoms with Gasteiger partial charge < -0.3 is 15.0 Å². The summed E-state index contributed by atoms with van der Waals surface area (Å²) >= 11 is 5.93. The molecule has 6 heteroatoms. The van der Waals surface area contributed by atoms with Crippen molar-refractivity contribution in [2.45, 2.75) is 19.7 Å². The van der Waals surface area contributed by atoms with Gasteiger partial charge >= 0.3 is 0 Å². The van der Waals surface area contributed by atoms with Crippen LogP contribution in [0.2, 0.25) is 5.02 Å². The van der Waals surface area contributed by atoms with Crippen LogP contribution >= 0.6 is 11.6 Å². The molecule has 0 aliphatic heterocycles. The Morgan fingerprint density at radius 1 is 1.22 bits per heavy atom. The van der Waals surface area contributed by atoms with Gasteiger partial charge in [-0.3, -0.25) is 4.79 Å². The van der Waals surface area contributed by atoms with Gasteiger partial charge in [-0.1, -0.05) is 35.9 Å². The molecule has 3 aromatic rings. The molecule has 0 fully saturated rings. The van der Waals surface area contributed by atoms with Crippen molar-refractivity contribution in [2.75, 3.05) is 0 Å². The molecule has 2 aromatic carbocycles. The van der Waals surface area contributed by atoms with Crippen molar-refractivity contribution in [1.29, 1.82) is 0 Å². The number of amides is 1. The molecule has 1 heterocycles. The fourth-order valence-corrected chi connectivity index (χ4v) is 2.68. The number of aromatic nitrogens is 2. The molecular weight excluding hydrogens is 314 g/mol. The van der Waals surface area contributed by atoms with Gasteiger partial charge in [0.1, 0.15) is 19.0 Å². The number of carbonyl (C=O) groups is 1. The Hall–Kier alpha value is -2.37. The number of benzene rings is 2. The van der Waals surface area contributed by atoms with Gasteiger partial charge in [0.05, 0.1) is 11.0 Å². The number of hydrogen-bond donors (Lipinski definition) is 2. The molecule has 1 aromatic heterocycles. The van der Waals surface area contributed by atoms with Gasteiger partial charge in [-0.2, -0.15) is 0 Å². The molecule has 0 radical (unpaired) electrons. The minimum absolute atomic E-state index is 0.108. The third kappa shape index (κ3) is 3.52. The van der Waals surface area contributed by atoms with Crippen LogP contribution in [0.15, 0.2) is 48.5 Å². The van der Waals surface area contributed by atoms with Crippen LogP contribution in [0, 0.1) is 0 Å². The molecular formula is C17H16ClN3O2.